The third-order valence-corrected chi connectivity index (χ3v) is 8.74. The van der Waals surface area contributed by atoms with Gasteiger partial charge in [0, 0.05) is 43.2 Å². The lowest BCUT2D eigenvalue weighted by Gasteiger charge is -2.30. The molecule has 2 aromatic carbocycles. The lowest BCUT2D eigenvalue weighted by Crippen LogP contribution is -2.38. The first kappa shape index (κ1) is 30.8. The molecule has 238 valence electrons. The van der Waals surface area contributed by atoms with Gasteiger partial charge in [0.15, 0.2) is 5.82 Å². The summed E-state index contributed by atoms with van der Waals surface area (Å²) >= 11 is 0. The van der Waals surface area contributed by atoms with Gasteiger partial charge in [0.25, 0.3) is 5.91 Å². The number of H-pyrrole nitrogens is 1. The summed E-state index contributed by atoms with van der Waals surface area (Å²) < 4.78 is 17.6. The Morgan fingerprint density at radius 2 is 1.82 bits per heavy atom. The molecule has 1 aliphatic carbocycles. The van der Waals surface area contributed by atoms with Crippen LogP contribution in [0.2, 0.25) is 0 Å². The minimum absolute atomic E-state index is 0.0377. The van der Waals surface area contributed by atoms with Gasteiger partial charge >= 0.3 is 0 Å². The Morgan fingerprint density at radius 3 is 2.51 bits per heavy atom. The fourth-order valence-electron chi connectivity index (χ4n) is 6.53. The van der Waals surface area contributed by atoms with Crippen molar-refractivity contribution >= 4 is 22.8 Å². The van der Waals surface area contributed by atoms with Gasteiger partial charge in [0.05, 0.1) is 17.6 Å². The summed E-state index contributed by atoms with van der Waals surface area (Å²) in [6.07, 6.45) is 3.04. The molecule has 0 spiro atoms. The highest BCUT2D eigenvalue weighted by Crippen LogP contribution is 2.34. The number of hydrogen-bond donors (Lipinski definition) is 3. The van der Waals surface area contributed by atoms with Crippen molar-refractivity contribution < 1.29 is 19.1 Å². The molecule has 2 aromatic heterocycles. The molecule has 0 bridgehead atoms. The van der Waals surface area contributed by atoms with Crippen molar-refractivity contribution in [2.45, 2.75) is 90.7 Å². The van der Waals surface area contributed by atoms with Crippen molar-refractivity contribution in [1.82, 2.24) is 34.5 Å². The van der Waals surface area contributed by atoms with Gasteiger partial charge < -0.3 is 24.5 Å². The fraction of sp³-hybridized carbons (Fsp3) is 0.485. The maximum atomic E-state index is 13.5. The SMILES string of the molecule is CC(C)NC(=O)C1CCC(n2/c(=N/C(=O)c3ccc(F)cc3)[nH]c3ccc(CN4CCn5c(nnc5C(C)(C)O)C4)cc32)CC1. The van der Waals surface area contributed by atoms with Crippen LogP contribution in [-0.2, 0) is 30.0 Å². The first-order valence-corrected chi connectivity index (χ1v) is 15.7. The molecule has 3 N–H and O–H groups in total. The smallest absolute Gasteiger partial charge is 0.280 e. The van der Waals surface area contributed by atoms with E-state index < -0.39 is 17.3 Å². The molecule has 11 nitrogen and oxygen atoms in total. The van der Waals surface area contributed by atoms with Crippen molar-refractivity contribution in [3.8, 4) is 0 Å². The molecule has 1 fully saturated rings. The van der Waals surface area contributed by atoms with Crippen molar-refractivity contribution in [1.29, 1.82) is 0 Å². The molecule has 45 heavy (non-hydrogen) atoms. The van der Waals surface area contributed by atoms with Crippen molar-refractivity contribution in [2.24, 2.45) is 10.9 Å². The average molecular weight is 617 g/mol. The third kappa shape index (κ3) is 6.62. The third-order valence-electron chi connectivity index (χ3n) is 8.74. The highest BCUT2D eigenvalue weighted by atomic mass is 19.1. The number of benzene rings is 2. The minimum atomic E-state index is -1.06. The van der Waals surface area contributed by atoms with Crippen LogP contribution in [0.3, 0.4) is 0 Å². The van der Waals surface area contributed by atoms with Crippen LogP contribution in [0.1, 0.15) is 87.0 Å². The normalized spacial score (nSPS) is 19.7. The van der Waals surface area contributed by atoms with Crippen LogP contribution in [0.5, 0.6) is 0 Å². The molecular weight excluding hydrogens is 575 g/mol. The van der Waals surface area contributed by atoms with Gasteiger partial charge in [-0.15, -0.1) is 10.2 Å². The Bertz CT molecular complexity index is 1770. The summed E-state index contributed by atoms with van der Waals surface area (Å²) in [5, 5.41) is 22.1. The Labute approximate surface area is 261 Å². The van der Waals surface area contributed by atoms with Crippen molar-refractivity contribution in [3.05, 3.63) is 76.7 Å². The van der Waals surface area contributed by atoms with Gasteiger partial charge in [-0.3, -0.25) is 14.5 Å². The van der Waals surface area contributed by atoms with E-state index in [0.717, 1.165) is 54.6 Å². The number of aliphatic hydroxyl groups is 1. The Morgan fingerprint density at radius 1 is 1.09 bits per heavy atom. The van der Waals surface area contributed by atoms with E-state index in [1.807, 2.05) is 24.5 Å². The molecule has 2 aliphatic rings. The van der Waals surface area contributed by atoms with Crippen LogP contribution in [-0.4, -0.2) is 58.7 Å². The van der Waals surface area contributed by atoms with E-state index in [0.29, 0.717) is 36.6 Å². The molecule has 2 amide bonds. The maximum absolute atomic E-state index is 13.5. The van der Waals surface area contributed by atoms with Gasteiger partial charge in [-0.1, -0.05) is 6.07 Å². The summed E-state index contributed by atoms with van der Waals surface area (Å²) in [7, 11) is 0. The second kappa shape index (κ2) is 12.3. The number of amides is 2. The monoisotopic (exact) mass is 616 g/mol. The van der Waals surface area contributed by atoms with Gasteiger partial charge in [-0.25, -0.2) is 4.39 Å². The molecule has 0 atom stereocenters. The van der Waals surface area contributed by atoms with E-state index in [4.69, 9.17) is 0 Å². The molecule has 0 radical (unpaired) electrons. The van der Waals surface area contributed by atoms with Crippen molar-refractivity contribution in [3.63, 3.8) is 0 Å². The highest BCUT2D eigenvalue weighted by molar-refractivity contribution is 5.95. The lowest BCUT2D eigenvalue weighted by molar-refractivity contribution is -0.126. The number of carbonyl (C=O) groups is 2. The molecule has 4 aromatic rings. The number of nitrogens with one attached hydrogen (secondary N) is 2. The Kier molecular flexibility index (Phi) is 8.45. The number of fused-ring (bicyclic) bond motifs is 2. The van der Waals surface area contributed by atoms with Crippen molar-refractivity contribution in [2.75, 3.05) is 6.54 Å². The first-order chi connectivity index (χ1) is 21.5. The second-order valence-corrected chi connectivity index (χ2v) is 13.1. The number of imidazole rings is 1. The number of carbonyl (C=O) groups excluding carboxylic acids is 2. The summed E-state index contributed by atoms with van der Waals surface area (Å²) in [6, 6.07) is 11.8. The molecule has 1 saturated carbocycles. The van der Waals surface area contributed by atoms with Gasteiger partial charge in [-0.2, -0.15) is 4.99 Å². The van der Waals surface area contributed by atoms with E-state index in [-0.39, 0.29) is 23.9 Å². The predicted molar refractivity (Wildman–Crippen MR) is 166 cm³/mol. The van der Waals surface area contributed by atoms with Crippen LogP contribution in [0.25, 0.3) is 11.0 Å². The minimum Gasteiger partial charge on any atom is -0.382 e. The zero-order valence-corrected chi connectivity index (χ0v) is 26.3. The van der Waals surface area contributed by atoms with Crippen LogP contribution >= 0.6 is 0 Å². The summed E-state index contributed by atoms with van der Waals surface area (Å²) in [5.41, 5.74) is 2.60. The molecule has 0 saturated heterocycles. The number of nitrogens with zero attached hydrogens (tertiary/aromatic N) is 6. The van der Waals surface area contributed by atoms with E-state index in [1.165, 1.54) is 24.3 Å². The zero-order valence-electron chi connectivity index (χ0n) is 26.3. The molecule has 12 heteroatoms. The Hall–Kier alpha value is -4.16. The largest absolute Gasteiger partial charge is 0.382 e. The number of rotatable bonds is 7. The molecule has 6 rings (SSSR count). The van der Waals surface area contributed by atoms with Crippen LogP contribution in [0, 0.1) is 11.7 Å². The first-order valence-electron chi connectivity index (χ1n) is 15.7. The van der Waals surface area contributed by atoms with Gasteiger partial charge in [-0.05, 0) is 95.3 Å². The van der Waals surface area contributed by atoms with E-state index in [1.54, 1.807) is 13.8 Å². The summed E-state index contributed by atoms with van der Waals surface area (Å²) in [4.78, 5) is 36.0. The number of aromatic amines is 1. The average Bonchev–Trinajstić information content (AvgIpc) is 3.58. The fourth-order valence-corrected chi connectivity index (χ4v) is 6.53. The van der Waals surface area contributed by atoms with Gasteiger partial charge in [0.2, 0.25) is 11.5 Å². The number of aromatic nitrogens is 5. The highest BCUT2D eigenvalue weighted by Gasteiger charge is 2.30. The van der Waals surface area contributed by atoms with E-state index >= 15 is 0 Å². The topological polar surface area (TPSA) is 133 Å². The predicted octanol–water partition coefficient (Wildman–Crippen LogP) is 3.94. The molecule has 0 unspecified atom stereocenters. The molecule has 1 aliphatic heterocycles. The lowest BCUT2D eigenvalue weighted by atomic mass is 9.85. The standard InChI is InChI=1S/C33H41FN8O3/c1-20(2)35-29(43)23-8-12-25(13-9-23)42-27-17-21(18-40-15-16-41-28(19-40)38-39-31(41)33(3,4)45)5-14-26(27)36-32(42)37-30(44)22-6-10-24(34)11-7-22/h5-7,10-11,14,17,20,23,25,45H,8-9,12-13,15-16,18-19H2,1-4H3,(H,35,43)(H,36,37,44). The van der Waals surface area contributed by atoms with Crippen LogP contribution in [0.15, 0.2) is 47.5 Å². The van der Waals surface area contributed by atoms with Gasteiger partial charge in [0.1, 0.15) is 17.2 Å². The summed E-state index contributed by atoms with van der Waals surface area (Å²) in [6.45, 7) is 10.2. The Balaban J connectivity index is 1.30. The van der Waals surface area contributed by atoms with Crippen LogP contribution in [0.4, 0.5) is 4.39 Å². The van der Waals surface area contributed by atoms with E-state index in [9.17, 15) is 19.1 Å². The second-order valence-electron chi connectivity index (χ2n) is 13.1. The maximum Gasteiger partial charge on any atom is 0.280 e. The molecule has 3 heterocycles. The number of halogens is 1. The van der Waals surface area contributed by atoms with E-state index in [2.05, 4.69) is 47.1 Å². The molecular formula is C33H41FN8O3. The van der Waals surface area contributed by atoms with Crippen LogP contribution < -0.4 is 10.9 Å². The quantitative estimate of drug-likeness (QED) is 0.288. The number of hydrogen-bond acceptors (Lipinski definition) is 6. The summed E-state index contributed by atoms with van der Waals surface area (Å²) in [5.74, 6) is 0.597. The zero-order chi connectivity index (χ0) is 31.9.